The number of aldehydes is 1. The molecule has 0 aliphatic carbocycles. The van der Waals surface area contributed by atoms with E-state index in [2.05, 4.69) is 0 Å². The number of carbonyl (C=O) groups is 1. The number of phenolic OH excluding ortho intramolecular Hbond substituents is 1. The van der Waals surface area contributed by atoms with Crippen LogP contribution in [0.5, 0.6) is 5.75 Å². The lowest BCUT2D eigenvalue weighted by molar-refractivity contribution is -0.0581. The van der Waals surface area contributed by atoms with Gasteiger partial charge in [-0.25, -0.2) is 0 Å². The number of aromatic hydroxyl groups is 1. The van der Waals surface area contributed by atoms with Gasteiger partial charge in [-0.05, 0) is 30.7 Å². The van der Waals surface area contributed by atoms with E-state index in [0.29, 0.717) is 18.5 Å². The molecule has 4 heteroatoms. The second-order valence-electron chi connectivity index (χ2n) is 3.14. The molecule has 1 unspecified atom stereocenters. The number of hydrogen-bond donors (Lipinski definition) is 2. The largest absolute Gasteiger partial charge is 0.507 e. The van der Waals surface area contributed by atoms with Crippen molar-refractivity contribution < 1.29 is 19.7 Å². The highest BCUT2D eigenvalue weighted by molar-refractivity contribution is 5.80. The molecule has 0 saturated carbocycles. The molecule has 4 nitrogen and oxygen atoms in total. The van der Waals surface area contributed by atoms with Gasteiger partial charge in [0.05, 0.1) is 5.56 Å². The molecule has 0 aliphatic heterocycles. The Morgan fingerprint density at radius 2 is 2.25 bits per heavy atom. The van der Waals surface area contributed by atoms with Gasteiger partial charge in [0, 0.05) is 6.61 Å². The number of hydrogen-bond acceptors (Lipinski definition) is 4. The van der Waals surface area contributed by atoms with Crippen LogP contribution in [-0.4, -0.2) is 29.4 Å². The second-order valence-corrected chi connectivity index (χ2v) is 3.14. The quantitative estimate of drug-likeness (QED) is 0.586. The molecule has 86 valence electrons. The average Bonchev–Trinajstić information content (AvgIpc) is 2.28. The molecular formula is C12H14O4. The number of carbonyl (C=O) groups excluding carboxylic acids is 1. The molecule has 0 bridgehead atoms. The summed E-state index contributed by atoms with van der Waals surface area (Å²) in [4.78, 5) is 10.6. The Bertz CT molecular complexity index is 385. The molecule has 0 radical (unpaired) electrons. The van der Waals surface area contributed by atoms with Crippen LogP contribution in [0.4, 0.5) is 0 Å². The molecule has 1 aromatic carbocycles. The van der Waals surface area contributed by atoms with Gasteiger partial charge in [0.25, 0.3) is 0 Å². The fourth-order valence-corrected chi connectivity index (χ4v) is 1.19. The van der Waals surface area contributed by atoms with Crippen LogP contribution in [-0.2, 0) is 4.74 Å². The summed E-state index contributed by atoms with van der Waals surface area (Å²) in [6, 6.07) is 4.59. The third-order valence-electron chi connectivity index (χ3n) is 1.97. The van der Waals surface area contributed by atoms with Gasteiger partial charge in [-0.3, -0.25) is 4.79 Å². The predicted octanol–water partition coefficient (Wildman–Crippen LogP) is 1.57. The summed E-state index contributed by atoms with van der Waals surface area (Å²) in [6.07, 6.45) is 2.70. The summed E-state index contributed by atoms with van der Waals surface area (Å²) in [7, 11) is 0. The topological polar surface area (TPSA) is 66.8 Å². The third-order valence-corrected chi connectivity index (χ3v) is 1.97. The minimum atomic E-state index is -0.960. The molecule has 0 aromatic heterocycles. The van der Waals surface area contributed by atoms with Crippen LogP contribution in [0.25, 0.3) is 6.08 Å². The molecule has 2 N–H and O–H groups in total. The van der Waals surface area contributed by atoms with Crippen LogP contribution in [0.1, 0.15) is 22.8 Å². The van der Waals surface area contributed by atoms with E-state index >= 15 is 0 Å². The maximum absolute atomic E-state index is 10.6. The normalized spacial score (nSPS) is 12.9. The van der Waals surface area contributed by atoms with Gasteiger partial charge in [0.2, 0.25) is 0 Å². The van der Waals surface area contributed by atoms with E-state index in [1.165, 1.54) is 18.2 Å². The summed E-state index contributed by atoms with van der Waals surface area (Å²) < 4.78 is 4.89. The standard InChI is InChI=1S/C12H14O4/c1-2-16-12(15)6-4-9-3-5-11(14)10(7-9)8-13/h3-8,12,14-15H,2H2,1H3/b6-4+. The Morgan fingerprint density at radius 3 is 2.88 bits per heavy atom. The van der Waals surface area contributed by atoms with E-state index in [9.17, 15) is 15.0 Å². The number of aliphatic hydroxyl groups is 1. The minimum absolute atomic E-state index is 0.0579. The number of rotatable bonds is 5. The summed E-state index contributed by atoms with van der Waals surface area (Å²) in [5.74, 6) is -0.0579. The van der Waals surface area contributed by atoms with Crippen molar-refractivity contribution in [3.63, 3.8) is 0 Å². The van der Waals surface area contributed by atoms with Crippen molar-refractivity contribution in [2.45, 2.75) is 13.2 Å². The van der Waals surface area contributed by atoms with Crippen LogP contribution in [0.15, 0.2) is 24.3 Å². The van der Waals surface area contributed by atoms with Crippen molar-refractivity contribution in [3.8, 4) is 5.75 Å². The van der Waals surface area contributed by atoms with E-state index in [-0.39, 0.29) is 11.3 Å². The summed E-state index contributed by atoms with van der Waals surface area (Å²) in [6.45, 7) is 2.20. The monoisotopic (exact) mass is 222 g/mol. The van der Waals surface area contributed by atoms with Crippen LogP contribution in [0, 0.1) is 0 Å². The lowest BCUT2D eigenvalue weighted by Gasteiger charge is -2.04. The summed E-state index contributed by atoms with van der Waals surface area (Å²) in [5.41, 5.74) is 0.923. The molecular weight excluding hydrogens is 208 g/mol. The van der Waals surface area contributed by atoms with Crippen molar-refractivity contribution in [2.75, 3.05) is 6.61 Å². The highest BCUT2D eigenvalue weighted by Crippen LogP contribution is 2.17. The highest BCUT2D eigenvalue weighted by atomic mass is 16.6. The lowest BCUT2D eigenvalue weighted by Crippen LogP contribution is -2.07. The third kappa shape index (κ3) is 3.49. The van der Waals surface area contributed by atoms with Gasteiger partial charge in [-0.2, -0.15) is 0 Å². The van der Waals surface area contributed by atoms with Crippen molar-refractivity contribution in [1.82, 2.24) is 0 Å². The SMILES string of the molecule is CCOC(O)/C=C/c1ccc(O)c(C=O)c1. The van der Waals surface area contributed by atoms with E-state index < -0.39 is 6.29 Å². The van der Waals surface area contributed by atoms with E-state index in [1.807, 2.05) is 0 Å². The summed E-state index contributed by atoms with van der Waals surface area (Å²) >= 11 is 0. The minimum Gasteiger partial charge on any atom is -0.507 e. The van der Waals surface area contributed by atoms with Crippen molar-refractivity contribution in [2.24, 2.45) is 0 Å². The van der Waals surface area contributed by atoms with Gasteiger partial charge < -0.3 is 14.9 Å². The fraction of sp³-hybridized carbons (Fsp3) is 0.250. The molecule has 0 amide bonds. The van der Waals surface area contributed by atoms with Crippen LogP contribution < -0.4 is 0 Å². The number of aliphatic hydroxyl groups excluding tert-OH is 1. The first-order valence-electron chi connectivity index (χ1n) is 4.93. The lowest BCUT2D eigenvalue weighted by atomic mass is 10.1. The van der Waals surface area contributed by atoms with Crippen LogP contribution >= 0.6 is 0 Å². The molecule has 0 fully saturated rings. The molecule has 16 heavy (non-hydrogen) atoms. The van der Waals surface area contributed by atoms with E-state index in [1.54, 1.807) is 19.1 Å². The zero-order valence-corrected chi connectivity index (χ0v) is 8.96. The van der Waals surface area contributed by atoms with Crippen molar-refractivity contribution >= 4 is 12.4 Å². The molecule has 0 heterocycles. The maximum Gasteiger partial charge on any atom is 0.174 e. The Balaban J connectivity index is 2.77. The first-order chi connectivity index (χ1) is 7.67. The molecule has 0 spiro atoms. The molecule has 1 atom stereocenters. The summed E-state index contributed by atoms with van der Waals surface area (Å²) in [5, 5.41) is 18.5. The number of phenols is 1. The van der Waals surface area contributed by atoms with Crippen LogP contribution in [0.2, 0.25) is 0 Å². The highest BCUT2D eigenvalue weighted by Gasteiger charge is 2.00. The Labute approximate surface area is 93.8 Å². The van der Waals surface area contributed by atoms with E-state index in [0.717, 1.165) is 0 Å². The van der Waals surface area contributed by atoms with Gasteiger partial charge >= 0.3 is 0 Å². The molecule has 1 aromatic rings. The predicted molar refractivity (Wildman–Crippen MR) is 60.2 cm³/mol. The fourth-order valence-electron chi connectivity index (χ4n) is 1.19. The smallest absolute Gasteiger partial charge is 0.174 e. The van der Waals surface area contributed by atoms with E-state index in [4.69, 9.17) is 4.74 Å². The molecule has 0 saturated heterocycles. The average molecular weight is 222 g/mol. The second kappa shape index (κ2) is 6.05. The Hall–Kier alpha value is -1.65. The Morgan fingerprint density at radius 1 is 1.50 bits per heavy atom. The zero-order valence-electron chi connectivity index (χ0n) is 8.96. The maximum atomic E-state index is 10.6. The van der Waals surface area contributed by atoms with Crippen molar-refractivity contribution in [1.29, 1.82) is 0 Å². The van der Waals surface area contributed by atoms with Gasteiger partial charge in [-0.15, -0.1) is 0 Å². The van der Waals surface area contributed by atoms with Gasteiger partial charge in [0.15, 0.2) is 12.6 Å². The first kappa shape index (κ1) is 12.4. The first-order valence-corrected chi connectivity index (χ1v) is 4.93. The zero-order chi connectivity index (χ0) is 12.0. The number of benzene rings is 1. The molecule has 0 aliphatic rings. The number of ether oxygens (including phenoxy) is 1. The molecule has 1 rings (SSSR count). The van der Waals surface area contributed by atoms with Gasteiger partial charge in [-0.1, -0.05) is 12.1 Å². The van der Waals surface area contributed by atoms with Gasteiger partial charge in [0.1, 0.15) is 5.75 Å². The Kier molecular flexibility index (Phi) is 4.69. The van der Waals surface area contributed by atoms with Crippen molar-refractivity contribution in [3.05, 3.63) is 35.4 Å². The van der Waals surface area contributed by atoms with Crippen LogP contribution in [0.3, 0.4) is 0 Å².